The molecule has 0 radical (unpaired) electrons. The number of hydrogen-bond acceptors (Lipinski definition) is 6. The summed E-state index contributed by atoms with van der Waals surface area (Å²) in [5.74, 6) is 1.38. The molecule has 2 heterocycles. The van der Waals surface area contributed by atoms with Gasteiger partial charge in [-0.3, -0.25) is 9.59 Å². The zero-order valence-electron chi connectivity index (χ0n) is 18.1. The number of thiophene rings is 1. The lowest BCUT2D eigenvalue weighted by Crippen LogP contribution is -2.35. The van der Waals surface area contributed by atoms with E-state index in [-0.39, 0.29) is 18.2 Å². The molecule has 0 bridgehead atoms. The minimum absolute atomic E-state index is 0.137. The van der Waals surface area contributed by atoms with Crippen molar-refractivity contribution in [2.75, 3.05) is 26.1 Å². The Labute approximate surface area is 186 Å². The normalized spacial score (nSPS) is 12.6. The van der Waals surface area contributed by atoms with Gasteiger partial charge in [-0.25, -0.2) is 0 Å². The van der Waals surface area contributed by atoms with E-state index < -0.39 is 0 Å². The highest BCUT2D eigenvalue weighted by Crippen LogP contribution is 2.37. The molecule has 3 rings (SSSR count). The fourth-order valence-corrected chi connectivity index (χ4v) is 4.94. The van der Waals surface area contributed by atoms with E-state index in [9.17, 15) is 14.9 Å². The van der Waals surface area contributed by atoms with E-state index in [0.717, 1.165) is 22.4 Å². The predicted molar refractivity (Wildman–Crippen MR) is 120 cm³/mol. The molecule has 0 unspecified atom stereocenters. The Bertz CT molecular complexity index is 1010. The molecule has 7 nitrogen and oxygen atoms in total. The van der Waals surface area contributed by atoms with Crippen molar-refractivity contribution in [2.45, 2.75) is 45.6 Å². The first-order valence-corrected chi connectivity index (χ1v) is 11.2. The van der Waals surface area contributed by atoms with Crippen molar-refractivity contribution in [3.63, 3.8) is 0 Å². The van der Waals surface area contributed by atoms with Crippen LogP contribution in [0.3, 0.4) is 0 Å². The van der Waals surface area contributed by atoms with Gasteiger partial charge in [0.15, 0.2) is 0 Å². The number of fused-ring (bicyclic) bond motifs is 1. The zero-order chi connectivity index (χ0) is 22.4. The lowest BCUT2D eigenvalue weighted by atomic mass is 10.0. The molecule has 2 amide bonds. The number of rotatable bonds is 8. The number of anilines is 1. The predicted octanol–water partition coefficient (Wildman–Crippen LogP) is 3.89. The summed E-state index contributed by atoms with van der Waals surface area (Å²) >= 11 is 1.40. The van der Waals surface area contributed by atoms with Gasteiger partial charge in [-0.05, 0) is 48.6 Å². The SMILES string of the molecule is CCCC(=O)N1CCc2c(sc(NC(=O)CCc3cc(OC)ccc3OC)c2C#N)C1. The van der Waals surface area contributed by atoms with Gasteiger partial charge < -0.3 is 19.7 Å². The third kappa shape index (κ3) is 5.17. The molecule has 0 saturated heterocycles. The van der Waals surface area contributed by atoms with Crippen molar-refractivity contribution in [1.29, 1.82) is 5.26 Å². The van der Waals surface area contributed by atoms with Gasteiger partial charge in [0.25, 0.3) is 0 Å². The summed E-state index contributed by atoms with van der Waals surface area (Å²) in [7, 11) is 3.19. The molecule has 0 saturated carbocycles. The number of aryl methyl sites for hydroxylation is 1. The summed E-state index contributed by atoms with van der Waals surface area (Å²) in [5, 5.41) is 13.1. The largest absolute Gasteiger partial charge is 0.497 e. The van der Waals surface area contributed by atoms with E-state index in [1.54, 1.807) is 14.2 Å². The van der Waals surface area contributed by atoms with Crippen molar-refractivity contribution in [2.24, 2.45) is 0 Å². The highest BCUT2D eigenvalue weighted by molar-refractivity contribution is 7.16. The second kappa shape index (κ2) is 10.3. The number of carbonyl (C=O) groups is 2. The molecule has 0 atom stereocenters. The number of benzene rings is 1. The highest BCUT2D eigenvalue weighted by atomic mass is 32.1. The first kappa shape index (κ1) is 22.6. The average Bonchev–Trinajstić information content (AvgIpc) is 3.13. The molecule has 1 N–H and O–H groups in total. The second-order valence-corrected chi connectivity index (χ2v) is 8.47. The fourth-order valence-electron chi connectivity index (χ4n) is 3.71. The topological polar surface area (TPSA) is 91.7 Å². The van der Waals surface area contributed by atoms with Gasteiger partial charge >= 0.3 is 0 Å². The number of amides is 2. The van der Waals surface area contributed by atoms with E-state index >= 15 is 0 Å². The van der Waals surface area contributed by atoms with Gasteiger partial charge in [-0.2, -0.15) is 5.26 Å². The van der Waals surface area contributed by atoms with Crippen LogP contribution in [-0.2, 0) is 29.0 Å². The summed E-state index contributed by atoms with van der Waals surface area (Å²) in [6.07, 6.45) is 2.72. The van der Waals surface area contributed by atoms with Crippen molar-refractivity contribution in [1.82, 2.24) is 4.90 Å². The Kier molecular flexibility index (Phi) is 7.53. The van der Waals surface area contributed by atoms with Crippen LogP contribution in [0.25, 0.3) is 0 Å². The molecule has 1 aliphatic rings. The number of nitriles is 1. The monoisotopic (exact) mass is 441 g/mol. The van der Waals surface area contributed by atoms with Crippen LogP contribution < -0.4 is 14.8 Å². The summed E-state index contributed by atoms with van der Waals surface area (Å²) in [6, 6.07) is 7.73. The quantitative estimate of drug-likeness (QED) is 0.671. The van der Waals surface area contributed by atoms with E-state index in [0.29, 0.717) is 54.4 Å². The molecule has 0 spiro atoms. The van der Waals surface area contributed by atoms with Crippen molar-refractivity contribution < 1.29 is 19.1 Å². The van der Waals surface area contributed by atoms with Crippen LogP contribution >= 0.6 is 11.3 Å². The zero-order valence-corrected chi connectivity index (χ0v) is 18.9. The van der Waals surface area contributed by atoms with Gasteiger partial charge in [0.2, 0.25) is 11.8 Å². The Hall–Kier alpha value is -3.05. The molecule has 31 heavy (non-hydrogen) atoms. The summed E-state index contributed by atoms with van der Waals surface area (Å²) in [6.45, 7) is 3.10. The molecule has 2 aromatic rings. The first-order valence-electron chi connectivity index (χ1n) is 10.3. The maximum atomic E-state index is 12.6. The van der Waals surface area contributed by atoms with Gasteiger partial charge in [0, 0.05) is 24.3 Å². The minimum Gasteiger partial charge on any atom is -0.497 e. The van der Waals surface area contributed by atoms with Crippen LogP contribution in [0.4, 0.5) is 5.00 Å². The number of nitrogens with zero attached hydrogens (tertiary/aromatic N) is 2. The van der Waals surface area contributed by atoms with Crippen molar-refractivity contribution in [3.05, 3.63) is 39.8 Å². The molecule has 164 valence electrons. The molecule has 1 aromatic carbocycles. The highest BCUT2D eigenvalue weighted by Gasteiger charge is 2.27. The molecule has 0 fully saturated rings. The van der Waals surface area contributed by atoms with Gasteiger partial charge in [-0.1, -0.05) is 6.92 Å². The van der Waals surface area contributed by atoms with Crippen LogP contribution in [0.1, 0.15) is 47.8 Å². The molecular weight excluding hydrogens is 414 g/mol. The standard InChI is InChI=1S/C23H27N3O4S/c1-4-5-22(28)26-11-10-17-18(13-24)23(31-20(17)14-26)25-21(27)9-6-15-12-16(29-2)7-8-19(15)30-3/h7-8,12H,4-6,9-11,14H2,1-3H3,(H,25,27). The van der Waals surface area contributed by atoms with Crippen LogP contribution in [0.2, 0.25) is 0 Å². The number of carbonyl (C=O) groups excluding carboxylic acids is 2. The summed E-state index contributed by atoms with van der Waals surface area (Å²) in [4.78, 5) is 27.7. The molecule has 0 aliphatic carbocycles. The first-order chi connectivity index (χ1) is 15.0. The maximum Gasteiger partial charge on any atom is 0.225 e. The minimum atomic E-state index is -0.168. The van der Waals surface area contributed by atoms with Crippen LogP contribution in [0.15, 0.2) is 18.2 Å². The van der Waals surface area contributed by atoms with Gasteiger partial charge in [0.05, 0.1) is 26.3 Å². The Morgan fingerprint density at radius 3 is 2.74 bits per heavy atom. The second-order valence-electron chi connectivity index (χ2n) is 7.36. The van der Waals surface area contributed by atoms with E-state index in [2.05, 4.69) is 11.4 Å². The molecule has 1 aromatic heterocycles. The van der Waals surface area contributed by atoms with Crippen molar-refractivity contribution in [3.8, 4) is 17.6 Å². The summed E-state index contributed by atoms with van der Waals surface area (Å²) in [5.41, 5.74) is 2.36. The van der Waals surface area contributed by atoms with Crippen LogP contribution in [0.5, 0.6) is 11.5 Å². The maximum absolute atomic E-state index is 12.6. The van der Waals surface area contributed by atoms with Crippen LogP contribution in [0, 0.1) is 11.3 Å². The lowest BCUT2D eigenvalue weighted by Gasteiger charge is -2.26. The average molecular weight is 442 g/mol. The Balaban J connectivity index is 1.69. The Morgan fingerprint density at radius 1 is 1.26 bits per heavy atom. The fraction of sp³-hybridized carbons (Fsp3) is 0.435. The third-order valence-electron chi connectivity index (χ3n) is 5.35. The smallest absolute Gasteiger partial charge is 0.225 e. The van der Waals surface area contributed by atoms with Gasteiger partial charge in [-0.15, -0.1) is 11.3 Å². The van der Waals surface area contributed by atoms with Crippen molar-refractivity contribution >= 4 is 28.2 Å². The lowest BCUT2D eigenvalue weighted by molar-refractivity contribution is -0.132. The summed E-state index contributed by atoms with van der Waals surface area (Å²) < 4.78 is 10.6. The number of ether oxygens (including phenoxy) is 2. The van der Waals surface area contributed by atoms with E-state index in [4.69, 9.17) is 9.47 Å². The molecule has 1 aliphatic heterocycles. The van der Waals surface area contributed by atoms with E-state index in [1.165, 1.54) is 11.3 Å². The van der Waals surface area contributed by atoms with E-state index in [1.807, 2.05) is 30.0 Å². The van der Waals surface area contributed by atoms with Crippen LogP contribution in [-0.4, -0.2) is 37.5 Å². The number of methoxy groups -OCH3 is 2. The Morgan fingerprint density at radius 2 is 2.06 bits per heavy atom. The third-order valence-corrected chi connectivity index (χ3v) is 6.48. The number of hydrogen-bond donors (Lipinski definition) is 1. The molecular formula is C23H27N3O4S. The number of nitrogens with one attached hydrogen (secondary N) is 1. The molecule has 8 heteroatoms. The van der Waals surface area contributed by atoms with Gasteiger partial charge in [0.1, 0.15) is 22.6 Å².